The van der Waals surface area contributed by atoms with Crippen LogP contribution in [0.4, 0.5) is 4.79 Å². The van der Waals surface area contributed by atoms with E-state index in [1.807, 2.05) is 30.3 Å². The average Bonchev–Trinajstić information content (AvgIpc) is 2.48. The number of rotatable bonds is 4. The maximum absolute atomic E-state index is 12.1. The van der Waals surface area contributed by atoms with Gasteiger partial charge in [-0.1, -0.05) is 37.3 Å². The number of carboxylic acid groups (broad SMARTS) is 1. The topological polar surface area (TPSA) is 72.5 Å². The summed E-state index contributed by atoms with van der Waals surface area (Å²) in [6.45, 7) is 3.52. The number of benzene rings is 1. The van der Waals surface area contributed by atoms with Gasteiger partial charge in [-0.2, -0.15) is 0 Å². The van der Waals surface area contributed by atoms with Crippen LogP contribution in [-0.2, 0) is 11.2 Å². The van der Waals surface area contributed by atoms with Gasteiger partial charge in [0.15, 0.2) is 0 Å². The summed E-state index contributed by atoms with van der Waals surface area (Å²) in [6, 6.07) is 7.91. The molecule has 0 spiro atoms. The van der Waals surface area contributed by atoms with Crippen molar-refractivity contribution in [2.75, 3.05) is 13.1 Å². The Labute approximate surface area is 125 Å². The van der Waals surface area contributed by atoms with Crippen molar-refractivity contribution in [1.29, 1.82) is 0 Å². The largest absolute Gasteiger partial charge is 0.548 e. The second-order valence-corrected chi connectivity index (χ2v) is 5.68. The third-order valence-corrected chi connectivity index (χ3v) is 3.94. The first-order valence-electron chi connectivity index (χ1n) is 7.36. The number of nitrogens with one attached hydrogen (secondary N) is 1. The quantitative estimate of drug-likeness (QED) is 0.890. The first kappa shape index (κ1) is 15.4. The van der Waals surface area contributed by atoms with Gasteiger partial charge >= 0.3 is 6.03 Å². The minimum atomic E-state index is -1.25. The highest BCUT2D eigenvalue weighted by atomic mass is 16.4. The number of piperidine rings is 1. The fourth-order valence-electron chi connectivity index (χ4n) is 2.50. The van der Waals surface area contributed by atoms with Gasteiger partial charge in [-0.05, 0) is 30.7 Å². The molecule has 1 aliphatic heterocycles. The molecule has 2 rings (SSSR count). The highest BCUT2D eigenvalue weighted by Crippen LogP contribution is 2.16. The Morgan fingerprint density at radius 2 is 1.90 bits per heavy atom. The van der Waals surface area contributed by atoms with Gasteiger partial charge in [-0.15, -0.1) is 0 Å². The third kappa shape index (κ3) is 4.48. The van der Waals surface area contributed by atoms with E-state index in [4.69, 9.17) is 0 Å². The molecule has 1 aliphatic rings. The molecule has 1 aromatic rings. The summed E-state index contributed by atoms with van der Waals surface area (Å²) in [5.74, 6) is -0.632. The number of carboxylic acids is 1. The number of nitrogens with zero attached hydrogens (tertiary/aromatic N) is 1. The number of carbonyl (C=O) groups is 2. The van der Waals surface area contributed by atoms with Crippen LogP contribution in [0.15, 0.2) is 30.3 Å². The number of urea groups is 1. The number of aliphatic carboxylic acids is 1. The van der Waals surface area contributed by atoms with Crippen molar-refractivity contribution in [3.63, 3.8) is 0 Å². The van der Waals surface area contributed by atoms with E-state index in [0.29, 0.717) is 19.0 Å². The Hall–Kier alpha value is -2.04. The van der Waals surface area contributed by atoms with E-state index in [1.54, 1.807) is 4.90 Å². The number of likely N-dealkylation sites (tertiary alicyclic amines) is 1. The second-order valence-electron chi connectivity index (χ2n) is 5.68. The highest BCUT2D eigenvalue weighted by molar-refractivity contribution is 5.81. The monoisotopic (exact) mass is 289 g/mol. The van der Waals surface area contributed by atoms with Crippen LogP contribution in [0.3, 0.4) is 0 Å². The van der Waals surface area contributed by atoms with Crippen LogP contribution in [0.25, 0.3) is 0 Å². The zero-order valence-electron chi connectivity index (χ0n) is 12.2. The van der Waals surface area contributed by atoms with E-state index in [9.17, 15) is 14.7 Å². The SMILES string of the molecule is CC1CCN(C(=O)N[C@@H](Cc2ccccc2)C(=O)[O-])CC1. The van der Waals surface area contributed by atoms with Crippen LogP contribution in [0.5, 0.6) is 0 Å². The fraction of sp³-hybridized carbons (Fsp3) is 0.500. The lowest BCUT2D eigenvalue weighted by Crippen LogP contribution is -2.54. The van der Waals surface area contributed by atoms with Gasteiger partial charge in [0.05, 0.1) is 12.0 Å². The van der Waals surface area contributed by atoms with Crippen molar-refractivity contribution in [2.45, 2.75) is 32.2 Å². The van der Waals surface area contributed by atoms with E-state index in [-0.39, 0.29) is 12.5 Å². The maximum Gasteiger partial charge on any atom is 0.317 e. The van der Waals surface area contributed by atoms with E-state index in [2.05, 4.69) is 12.2 Å². The standard InChI is InChI=1S/C16H22N2O3/c1-12-7-9-18(10-8-12)16(21)17-14(15(19)20)11-13-5-3-2-4-6-13/h2-6,12,14H,7-11H2,1H3,(H,17,21)(H,19,20)/p-1/t14-/m0/s1. The van der Waals surface area contributed by atoms with E-state index >= 15 is 0 Å². The average molecular weight is 289 g/mol. The molecule has 0 aromatic heterocycles. The molecule has 114 valence electrons. The molecule has 1 fully saturated rings. The summed E-state index contributed by atoms with van der Waals surface area (Å²) < 4.78 is 0. The minimum Gasteiger partial charge on any atom is -0.548 e. The fourth-order valence-corrected chi connectivity index (χ4v) is 2.50. The zero-order chi connectivity index (χ0) is 15.2. The lowest BCUT2D eigenvalue weighted by Gasteiger charge is -2.32. The smallest absolute Gasteiger partial charge is 0.317 e. The van der Waals surface area contributed by atoms with Crippen molar-refractivity contribution < 1.29 is 14.7 Å². The van der Waals surface area contributed by atoms with Crippen LogP contribution < -0.4 is 10.4 Å². The normalized spacial score (nSPS) is 17.3. The summed E-state index contributed by atoms with van der Waals surface area (Å²) in [7, 11) is 0. The van der Waals surface area contributed by atoms with Gasteiger partial charge in [0.25, 0.3) is 0 Å². The molecule has 2 amide bonds. The van der Waals surface area contributed by atoms with Crippen molar-refractivity contribution in [1.82, 2.24) is 10.2 Å². The molecular weight excluding hydrogens is 268 g/mol. The Morgan fingerprint density at radius 1 is 1.29 bits per heavy atom. The summed E-state index contributed by atoms with van der Waals surface area (Å²) in [6.07, 6.45) is 2.16. The van der Waals surface area contributed by atoms with Crippen LogP contribution in [0, 0.1) is 5.92 Å². The molecule has 0 bridgehead atoms. The summed E-state index contributed by atoms with van der Waals surface area (Å²) in [4.78, 5) is 25.0. The first-order valence-corrected chi connectivity index (χ1v) is 7.36. The Balaban J connectivity index is 1.93. The number of hydrogen-bond donors (Lipinski definition) is 1. The Morgan fingerprint density at radius 3 is 2.48 bits per heavy atom. The van der Waals surface area contributed by atoms with Crippen LogP contribution in [0.1, 0.15) is 25.3 Å². The van der Waals surface area contributed by atoms with E-state index < -0.39 is 12.0 Å². The molecule has 1 aromatic carbocycles. The molecule has 5 heteroatoms. The molecule has 1 N–H and O–H groups in total. The maximum atomic E-state index is 12.1. The van der Waals surface area contributed by atoms with Crippen LogP contribution >= 0.6 is 0 Å². The van der Waals surface area contributed by atoms with Gasteiger partial charge in [0, 0.05) is 13.1 Å². The lowest BCUT2D eigenvalue weighted by molar-refractivity contribution is -0.308. The molecule has 0 aliphatic carbocycles. The van der Waals surface area contributed by atoms with E-state index in [1.165, 1.54) is 0 Å². The number of carbonyl (C=O) groups excluding carboxylic acids is 2. The predicted molar refractivity (Wildman–Crippen MR) is 77.4 cm³/mol. The van der Waals surface area contributed by atoms with Crippen molar-refractivity contribution >= 4 is 12.0 Å². The van der Waals surface area contributed by atoms with Gasteiger partial charge in [0.2, 0.25) is 0 Å². The Kier molecular flexibility index (Phi) is 5.20. The highest BCUT2D eigenvalue weighted by Gasteiger charge is 2.22. The summed E-state index contributed by atoms with van der Waals surface area (Å²) in [5, 5.41) is 13.8. The second kappa shape index (κ2) is 7.11. The van der Waals surface area contributed by atoms with Gasteiger partial charge in [-0.3, -0.25) is 0 Å². The summed E-state index contributed by atoms with van der Waals surface area (Å²) >= 11 is 0. The molecular formula is C16H21N2O3-. The molecule has 0 unspecified atom stereocenters. The van der Waals surface area contributed by atoms with Crippen molar-refractivity contribution in [3.8, 4) is 0 Å². The molecule has 0 radical (unpaired) electrons. The van der Waals surface area contributed by atoms with Crippen LogP contribution in [0.2, 0.25) is 0 Å². The Bertz CT molecular complexity index is 482. The third-order valence-electron chi connectivity index (χ3n) is 3.94. The molecule has 1 atom stereocenters. The van der Waals surface area contributed by atoms with Gasteiger partial charge in [-0.25, -0.2) is 4.79 Å². The summed E-state index contributed by atoms with van der Waals surface area (Å²) in [5.41, 5.74) is 0.860. The van der Waals surface area contributed by atoms with E-state index in [0.717, 1.165) is 18.4 Å². The van der Waals surface area contributed by atoms with Gasteiger partial charge < -0.3 is 20.1 Å². The predicted octanol–water partition coefficient (Wildman–Crippen LogP) is 0.789. The molecule has 5 nitrogen and oxygen atoms in total. The van der Waals surface area contributed by atoms with Crippen molar-refractivity contribution in [2.24, 2.45) is 5.92 Å². The molecule has 1 saturated heterocycles. The molecule has 1 heterocycles. The lowest BCUT2D eigenvalue weighted by atomic mass is 9.99. The number of amides is 2. The van der Waals surface area contributed by atoms with Gasteiger partial charge in [0.1, 0.15) is 0 Å². The zero-order valence-corrected chi connectivity index (χ0v) is 12.2. The minimum absolute atomic E-state index is 0.235. The molecule has 0 saturated carbocycles. The molecule has 21 heavy (non-hydrogen) atoms. The first-order chi connectivity index (χ1) is 10.1. The van der Waals surface area contributed by atoms with Crippen LogP contribution in [-0.4, -0.2) is 36.0 Å². The van der Waals surface area contributed by atoms with Crippen molar-refractivity contribution in [3.05, 3.63) is 35.9 Å². The number of hydrogen-bond acceptors (Lipinski definition) is 3.